The highest BCUT2D eigenvalue weighted by atomic mass is 16.3. The highest BCUT2D eigenvalue weighted by molar-refractivity contribution is 5.85. The molecule has 0 amide bonds. The van der Waals surface area contributed by atoms with E-state index >= 15 is 0 Å². The fourth-order valence-corrected chi connectivity index (χ4v) is 4.12. The maximum atomic E-state index is 12.0. The SMILES string of the molecule is CCC12CC(=O)C(O)C[C@H]1CCc1cc(O)ccc12. The molecule has 0 radical (unpaired) electrons. The molecular weight excluding hydrogens is 240 g/mol. The molecule has 1 fully saturated rings. The average Bonchev–Trinajstić information content (AvgIpc) is 2.40. The standard InChI is InChI=1S/C16H20O3/c1-2-16-9-15(19)14(18)8-11(16)4-3-10-7-12(17)5-6-13(10)16/h5-7,11,14,17-18H,2-4,8-9H2,1H3/t11-,14?,16?/m1/s1. The van der Waals surface area contributed by atoms with Gasteiger partial charge in [-0.15, -0.1) is 0 Å². The van der Waals surface area contributed by atoms with Crippen LogP contribution in [0.2, 0.25) is 0 Å². The van der Waals surface area contributed by atoms with E-state index < -0.39 is 6.10 Å². The van der Waals surface area contributed by atoms with Gasteiger partial charge in [0.15, 0.2) is 5.78 Å². The molecule has 2 aliphatic rings. The molecule has 0 aliphatic heterocycles. The predicted octanol–water partition coefficient (Wildman–Crippen LogP) is 2.33. The van der Waals surface area contributed by atoms with Gasteiger partial charge >= 0.3 is 0 Å². The number of fused-ring (bicyclic) bond motifs is 3. The zero-order valence-corrected chi connectivity index (χ0v) is 11.2. The van der Waals surface area contributed by atoms with Crippen molar-refractivity contribution in [2.24, 2.45) is 5.92 Å². The molecule has 2 aliphatic carbocycles. The van der Waals surface area contributed by atoms with Crippen molar-refractivity contribution in [2.75, 3.05) is 0 Å². The lowest BCUT2D eigenvalue weighted by Crippen LogP contribution is -2.49. The third kappa shape index (κ3) is 1.79. The smallest absolute Gasteiger partial charge is 0.162 e. The van der Waals surface area contributed by atoms with Gasteiger partial charge in [0.25, 0.3) is 0 Å². The molecule has 3 atom stereocenters. The number of aliphatic hydroxyl groups is 1. The van der Waals surface area contributed by atoms with E-state index in [2.05, 4.69) is 6.92 Å². The number of phenolic OH excluding ortho intramolecular Hbond substituents is 1. The second-order valence-corrected chi connectivity index (χ2v) is 5.98. The average molecular weight is 260 g/mol. The zero-order chi connectivity index (χ0) is 13.6. The van der Waals surface area contributed by atoms with E-state index in [1.165, 1.54) is 11.1 Å². The van der Waals surface area contributed by atoms with Crippen LogP contribution in [0, 0.1) is 5.92 Å². The molecule has 2 unspecified atom stereocenters. The normalized spacial score (nSPS) is 33.7. The number of rotatable bonds is 1. The Morgan fingerprint density at radius 1 is 1.42 bits per heavy atom. The lowest BCUT2D eigenvalue weighted by molar-refractivity contribution is -0.134. The second kappa shape index (κ2) is 4.34. The quantitative estimate of drug-likeness (QED) is 0.814. The summed E-state index contributed by atoms with van der Waals surface area (Å²) in [5.74, 6) is 0.645. The minimum absolute atomic E-state index is 0.0287. The van der Waals surface area contributed by atoms with Crippen molar-refractivity contribution in [1.29, 1.82) is 0 Å². The highest BCUT2D eigenvalue weighted by Gasteiger charge is 2.49. The van der Waals surface area contributed by atoms with Crippen molar-refractivity contribution < 1.29 is 15.0 Å². The number of carbonyl (C=O) groups is 1. The minimum atomic E-state index is -0.775. The first kappa shape index (κ1) is 12.7. The van der Waals surface area contributed by atoms with E-state index in [-0.39, 0.29) is 11.2 Å². The van der Waals surface area contributed by atoms with Crippen LogP contribution in [0.25, 0.3) is 0 Å². The first-order valence-electron chi connectivity index (χ1n) is 7.10. The Balaban J connectivity index is 2.11. The monoisotopic (exact) mass is 260 g/mol. The largest absolute Gasteiger partial charge is 0.508 e. The van der Waals surface area contributed by atoms with Crippen LogP contribution in [-0.2, 0) is 16.6 Å². The summed E-state index contributed by atoms with van der Waals surface area (Å²) < 4.78 is 0. The van der Waals surface area contributed by atoms with Gasteiger partial charge in [-0.25, -0.2) is 0 Å². The number of aromatic hydroxyl groups is 1. The van der Waals surface area contributed by atoms with E-state index in [1.54, 1.807) is 6.07 Å². The summed E-state index contributed by atoms with van der Waals surface area (Å²) in [6.07, 6.45) is 3.09. The van der Waals surface area contributed by atoms with Crippen molar-refractivity contribution in [2.45, 2.75) is 50.5 Å². The molecule has 0 aromatic heterocycles. The zero-order valence-electron chi connectivity index (χ0n) is 11.2. The predicted molar refractivity (Wildman–Crippen MR) is 72.1 cm³/mol. The molecule has 0 spiro atoms. The summed E-state index contributed by atoms with van der Waals surface area (Å²) in [4.78, 5) is 12.0. The number of phenols is 1. The lowest BCUT2D eigenvalue weighted by atomic mass is 9.55. The van der Waals surface area contributed by atoms with E-state index in [4.69, 9.17) is 0 Å². The summed E-state index contributed by atoms with van der Waals surface area (Å²) in [5, 5.41) is 19.5. The molecule has 0 saturated heterocycles. The van der Waals surface area contributed by atoms with Gasteiger partial charge in [-0.1, -0.05) is 13.0 Å². The van der Waals surface area contributed by atoms with Crippen LogP contribution >= 0.6 is 0 Å². The highest BCUT2D eigenvalue weighted by Crippen LogP contribution is 2.51. The Hall–Kier alpha value is -1.35. The van der Waals surface area contributed by atoms with Gasteiger partial charge in [-0.2, -0.15) is 0 Å². The van der Waals surface area contributed by atoms with Crippen LogP contribution in [0.4, 0.5) is 0 Å². The van der Waals surface area contributed by atoms with Crippen molar-refractivity contribution in [3.8, 4) is 5.75 Å². The van der Waals surface area contributed by atoms with Crippen LogP contribution in [-0.4, -0.2) is 22.1 Å². The van der Waals surface area contributed by atoms with Crippen molar-refractivity contribution >= 4 is 5.78 Å². The summed E-state index contributed by atoms with van der Waals surface area (Å²) in [7, 11) is 0. The van der Waals surface area contributed by atoms with E-state index in [0.717, 1.165) is 19.3 Å². The van der Waals surface area contributed by atoms with Crippen LogP contribution in [0.15, 0.2) is 18.2 Å². The Bertz CT molecular complexity index is 523. The number of aliphatic hydroxyl groups excluding tert-OH is 1. The lowest BCUT2D eigenvalue weighted by Gasteiger charge is -2.49. The number of ketones is 1. The number of hydrogen-bond acceptors (Lipinski definition) is 3. The Labute approximate surface area is 113 Å². The third-order valence-electron chi connectivity index (χ3n) is 5.17. The number of aryl methyl sites for hydroxylation is 1. The molecule has 0 heterocycles. The number of hydrogen-bond donors (Lipinski definition) is 2. The molecule has 1 aromatic carbocycles. The summed E-state index contributed by atoms with van der Waals surface area (Å²) >= 11 is 0. The fourth-order valence-electron chi connectivity index (χ4n) is 4.12. The molecule has 3 heteroatoms. The Morgan fingerprint density at radius 2 is 2.21 bits per heavy atom. The van der Waals surface area contributed by atoms with Crippen molar-refractivity contribution in [3.05, 3.63) is 29.3 Å². The van der Waals surface area contributed by atoms with Gasteiger partial charge in [0.2, 0.25) is 0 Å². The van der Waals surface area contributed by atoms with Gasteiger partial charge in [0, 0.05) is 11.8 Å². The van der Waals surface area contributed by atoms with Gasteiger partial charge < -0.3 is 10.2 Å². The van der Waals surface area contributed by atoms with Gasteiger partial charge in [0.05, 0.1) is 0 Å². The molecule has 2 N–H and O–H groups in total. The van der Waals surface area contributed by atoms with E-state index in [0.29, 0.717) is 24.5 Å². The molecule has 3 nitrogen and oxygen atoms in total. The first-order chi connectivity index (χ1) is 9.06. The maximum absolute atomic E-state index is 12.0. The van der Waals surface area contributed by atoms with E-state index in [1.807, 2.05) is 12.1 Å². The van der Waals surface area contributed by atoms with Crippen molar-refractivity contribution in [3.63, 3.8) is 0 Å². The minimum Gasteiger partial charge on any atom is -0.508 e. The van der Waals surface area contributed by atoms with Crippen LogP contribution < -0.4 is 0 Å². The summed E-state index contributed by atoms with van der Waals surface area (Å²) in [6.45, 7) is 2.12. The number of carbonyl (C=O) groups excluding carboxylic acids is 1. The molecular formula is C16H20O3. The van der Waals surface area contributed by atoms with Crippen LogP contribution in [0.1, 0.15) is 43.7 Å². The number of benzene rings is 1. The van der Waals surface area contributed by atoms with Crippen LogP contribution in [0.3, 0.4) is 0 Å². The second-order valence-electron chi connectivity index (χ2n) is 5.98. The third-order valence-corrected chi connectivity index (χ3v) is 5.17. The van der Waals surface area contributed by atoms with Gasteiger partial charge in [-0.3, -0.25) is 4.79 Å². The van der Waals surface area contributed by atoms with Crippen LogP contribution in [0.5, 0.6) is 5.75 Å². The first-order valence-corrected chi connectivity index (χ1v) is 7.10. The van der Waals surface area contributed by atoms with Crippen molar-refractivity contribution in [1.82, 2.24) is 0 Å². The molecule has 102 valence electrons. The number of Topliss-reactive ketones (excluding diaryl/α,β-unsaturated/α-hetero) is 1. The molecule has 3 rings (SSSR count). The molecule has 1 saturated carbocycles. The van der Waals surface area contributed by atoms with E-state index in [9.17, 15) is 15.0 Å². The summed E-state index contributed by atoms with van der Waals surface area (Å²) in [6, 6.07) is 5.53. The summed E-state index contributed by atoms with van der Waals surface area (Å²) in [5.41, 5.74) is 2.25. The Kier molecular flexibility index (Phi) is 2.90. The maximum Gasteiger partial charge on any atom is 0.162 e. The molecule has 1 aromatic rings. The Morgan fingerprint density at radius 3 is 2.95 bits per heavy atom. The fraction of sp³-hybridized carbons (Fsp3) is 0.562. The molecule has 19 heavy (non-hydrogen) atoms. The topological polar surface area (TPSA) is 57.5 Å². The van der Waals surface area contributed by atoms with Gasteiger partial charge in [-0.05, 0) is 54.9 Å². The van der Waals surface area contributed by atoms with Gasteiger partial charge in [0.1, 0.15) is 11.9 Å². The molecule has 0 bridgehead atoms.